The fraction of sp³-hybridized carbons (Fsp3) is 0.588. The summed E-state index contributed by atoms with van der Waals surface area (Å²) in [7, 11) is 1.73. The van der Waals surface area contributed by atoms with Gasteiger partial charge in [0.25, 0.3) is 0 Å². The summed E-state index contributed by atoms with van der Waals surface area (Å²) in [6.45, 7) is 8.68. The molecule has 0 unspecified atom stereocenters. The number of para-hydroxylation sites is 1. The van der Waals surface area contributed by atoms with Gasteiger partial charge in [0.15, 0.2) is 5.96 Å². The predicted octanol–water partition coefficient (Wildman–Crippen LogP) is 1.81. The second kappa shape index (κ2) is 9.30. The summed E-state index contributed by atoms with van der Waals surface area (Å²) < 4.78 is 5.08. The monoisotopic (exact) mass is 304 g/mol. The number of rotatable bonds is 6. The first-order valence-corrected chi connectivity index (χ1v) is 8.17. The van der Waals surface area contributed by atoms with Crippen molar-refractivity contribution in [2.45, 2.75) is 13.3 Å². The van der Waals surface area contributed by atoms with Crippen LogP contribution in [0.15, 0.2) is 35.3 Å². The molecule has 0 radical (unpaired) electrons. The summed E-state index contributed by atoms with van der Waals surface area (Å²) >= 11 is 0. The van der Waals surface area contributed by atoms with Gasteiger partial charge in [-0.05, 0) is 25.5 Å². The number of nitrogens with one attached hydrogen (secondary N) is 1. The molecule has 5 heteroatoms. The summed E-state index contributed by atoms with van der Waals surface area (Å²) in [5.41, 5.74) is 1.31. The zero-order chi connectivity index (χ0) is 15.6. The highest BCUT2D eigenvalue weighted by Gasteiger charge is 2.19. The van der Waals surface area contributed by atoms with Crippen molar-refractivity contribution in [2.24, 2.45) is 4.99 Å². The van der Waals surface area contributed by atoms with E-state index >= 15 is 0 Å². The number of methoxy groups -OCH3 is 1. The maximum Gasteiger partial charge on any atom is 0.194 e. The predicted molar refractivity (Wildman–Crippen MR) is 92.7 cm³/mol. The van der Waals surface area contributed by atoms with E-state index in [9.17, 15) is 0 Å². The lowest BCUT2D eigenvalue weighted by Crippen LogP contribution is -2.52. The highest BCUT2D eigenvalue weighted by Crippen LogP contribution is 2.15. The van der Waals surface area contributed by atoms with Crippen LogP contribution in [0, 0.1) is 0 Å². The summed E-state index contributed by atoms with van der Waals surface area (Å²) in [4.78, 5) is 9.50. The second-order valence-electron chi connectivity index (χ2n) is 5.39. The number of hydrogen-bond acceptors (Lipinski definition) is 3. The highest BCUT2D eigenvalue weighted by atomic mass is 16.5. The Bertz CT molecular complexity index is 441. The van der Waals surface area contributed by atoms with Crippen LogP contribution in [0.4, 0.5) is 5.69 Å². The first kappa shape index (κ1) is 16.6. The van der Waals surface area contributed by atoms with E-state index in [2.05, 4.69) is 52.4 Å². The van der Waals surface area contributed by atoms with Gasteiger partial charge in [-0.3, -0.25) is 4.99 Å². The van der Waals surface area contributed by atoms with E-state index in [0.717, 1.165) is 58.3 Å². The Morgan fingerprint density at radius 2 is 1.91 bits per heavy atom. The zero-order valence-electron chi connectivity index (χ0n) is 13.8. The third-order valence-electron chi connectivity index (χ3n) is 3.80. The van der Waals surface area contributed by atoms with Gasteiger partial charge in [-0.1, -0.05) is 18.2 Å². The zero-order valence-corrected chi connectivity index (χ0v) is 13.8. The lowest BCUT2D eigenvalue weighted by Gasteiger charge is -2.37. The molecule has 122 valence electrons. The fourth-order valence-electron chi connectivity index (χ4n) is 2.63. The first-order chi connectivity index (χ1) is 10.8. The van der Waals surface area contributed by atoms with Crippen LogP contribution in [0.2, 0.25) is 0 Å². The van der Waals surface area contributed by atoms with Crippen molar-refractivity contribution >= 4 is 11.6 Å². The summed E-state index contributed by atoms with van der Waals surface area (Å²) in [6, 6.07) is 10.6. The molecule has 1 heterocycles. The third-order valence-corrected chi connectivity index (χ3v) is 3.80. The van der Waals surface area contributed by atoms with Gasteiger partial charge in [-0.15, -0.1) is 0 Å². The topological polar surface area (TPSA) is 40.1 Å². The molecule has 0 amide bonds. The minimum atomic E-state index is 0.769. The van der Waals surface area contributed by atoms with Gasteiger partial charge >= 0.3 is 0 Å². The Kier molecular flexibility index (Phi) is 7.03. The summed E-state index contributed by atoms with van der Waals surface area (Å²) in [5.74, 6) is 1.03. The Labute approximate surface area is 134 Å². The summed E-state index contributed by atoms with van der Waals surface area (Å²) in [6.07, 6.45) is 0.968. The van der Waals surface area contributed by atoms with Crippen molar-refractivity contribution in [3.05, 3.63) is 30.3 Å². The van der Waals surface area contributed by atoms with Crippen LogP contribution < -0.4 is 10.2 Å². The maximum absolute atomic E-state index is 5.08. The van der Waals surface area contributed by atoms with E-state index in [1.165, 1.54) is 5.69 Å². The van der Waals surface area contributed by atoms with E-state index in [1.807, 2.05) is 0 Å². The van der Waals surface area contributed by atoms with Crippen LogP contribution in [0.3, 0.4) is 0 Å². The van der Waals surface area contributed by atoms with Crippen molar-refractivity contribution in [2.75, 3.05) is 57.9 Å². The van der Waals surface area contributed by atoms with E-state index in [1.54, 1.807) is 7.11 Å². The van der Waals surface area contributed by atoms with Crippen LogP contribution in [-0.2, 0) is 4.74 Å². The van der Waals surface area contributed by atoms with Gasteiger partial charge in [0.2, 0.25) is 0 Å². The first-order valence-electron chi connectivity index (χ1n) is 8.17. The standard InChI is InChI=1S/C17H28N4O/c1-3-18-17(19-10-7-15-22-2)21-13-11-20(12-14-21)16-8-5-4-6-9-16/h4-6,8-9H,3,7,10-15H2,1-2H3,(H,18,19). The minimum absolute atomic E-state index is 0.769. The molecule has 0 saturated carbocycles. The number of guanidine groups is 1. The molecule has 0 aliphatic carbocycles. The van der Waals surface area contributed by atoms with Crippen LogP contribution in [0.5, 0.6) is 0 Å². The average molecular weight is 304 g/mol. The molecule has 0 atom stereocenters. The van der Waals surface area contributed by atoms with Gasteiger partial charge in [-0.25, -0.2) is 0 Å². The molecule has 1 N–H and O–H groups in total. The summed E-state index contributed by atoms with van der Waals surface area (Å²) in [5, 5.41) is 3.40. The number of aliphatic imine (C=N–C) groups is 1. The molecule has 22 heavy (non-hydrogen) atoms. The fourth-order valence-corrected chi connectivity index (χ4v) is 2.63. The molecule has 0 aromatic heterocycles. The van der Waals surface area contributed by atoms with Crippen molar-refractivity contribution in [3.63, 3.8) is 0 Å². The van der Waals surface area contributed by atoms with Gasteiger partial charge in [0.05, 0.1) is 0 Å². The average Bonchev–Trinajstić information content (AvgIpc) is 2.59. The molecule has 1 aliphatic heterocycles. The Morgan fingerprint density at radius 1 is 1.18 bits per heavy atom. The van der Waals surface area contributed by atoms with Crippen molar-refractivity contribution < 1.29 is 4.74 Å². The highest BCUT2D eigenvalue weighted by molar-refractivity contribution is 5.80. The number of piperazine rings is 1. The van der Waals surface area contributed by atoms with Gasteiger partial charge in [0.1, 0.15) is 0 Å². The Morgan fingerprint density at radius 3 is 2.55 bits per heavy atom. The van der Waals surface area contributed by atoms with E-state index in [0.29, 0.717) is 0 Å². The van der Waals surface area contributed by atoms with E-state index in [4.69, 9.17) is 9.73 Å². The second-order valence-corrected chi connectivity index (χ2v) is 5.39. The molecule has 5 nitrogen and oxygen atoms in total. The molecule has 0 bridgehead atoms. The molecule has 0 spiro atoms. The molecule has 1 aliphatic rings. The lowest BCUT2D eigenvalue weighted by atomic mass is 10.2. The SMILES string of the molecule is CCNC(=NCCCOC)N1CCN(c2ccccc2)CC1. The number of ether oxygens (including phenoxy) is 1. The molecule has 1 aromatic rings. The smallest absolute Gasteiger partial charge is 0.194 e. The maximum atomic E-state index is 5.08. The molecule has 1 aromatic carbocycles. The largest absolute Gasteiger partial charge is 0.385 e. The van der Waals surface area contributed by atoms with Crippen LogP contribution >= 0.6 is 0 Å². The molecule has 1 saturated heterocycles. The van der Waals surface area contributed by atoms with E-state index in [-0.39, 0.29) is 0 Å². The molecular formula is C17H28N4O. The van der Waals surface area contributed by atoms with Crippen molar-refractivity contribution in [1.82, 2.24) is 10.2 Å². The van der Waals surface area contributed by atoms with Crippen LogP contribution in [0.1, 0.15) is 13.3 Å². The number of anilines is 1. The minimum Gasteiger partial charge on any atom is -0.385 e. The normalized spacial score (nSPS) is 16.0. The van der Waals surface area contributed by atoms with Gasteiger partial charge in [-0.2, -0.15) is 0 Å². The molecule has 1 fully saturated rings. The lowest BCUT2D eigenvalue weighted by molar-refractivity contribution is 0.197. The van der Waals surface area contributed by atoms with Gasteiger partial charge < -0.3 is 19.9 Å². The van der Waals surface area contributed by atoms with Crippen LogP contribution in [-0.4, -0.2) is 63.8 Å². The van der Waals surface area contributed by atoms with Gasteiger partial charge in [0, 0.05) is 58.7 Å². The van der Waals surface area contributed by atoms with Crippen molar-refractivity contribution in [1.29, 1.82) is 0 Å². The van der Waals surface area contributed by atoms with Crippen LogP contribution in [0.25, 0.3) is 0 Å². The van der Waals surface area contributed by atoms with Crippen molar-refractivity contribution in [3.8, 4) is 0 Å². The number of benzene rings is 1. The Balaban J connectivity index is 1.87. The molecular weight excluding hydrogens is 276 g/mol. The molecule has 2 rings (SSSR count). The number of nitrogens with zero attached hydrogens (tertiary/aromatic N) is 3. The van der Waals surface area contributed by atoms with E-state index < -0.39 is 0 Å². The quantitative estimate of drug-likeness (QED) is 0.494. The third kappa shape index (κ3) is 4.91. The number of hydrogen-bond donors (Lipinski definition) is 1. The Hall–Kier alpha value is -1.75.